The monoisotopic (exact) mass is 720 g/mol. The molecule has 0 saturated carbocycles. The number of phenols is 2. The lowest BCUT2D eigenvalue weighted by atomic mass is 9.84. The van der Waals surface area contributed by atoms with Gasteiger partial charge in [-0.3, -0.25) is 0 Å². The predicted octanol–water partition coefficient (Wildman–Crippen LogP) is 12.7. The van der Waals surface area contributed by atoms with E-state index in [9.17, 15) is 10.2 Å². The van der Waals surface area contributed by atoms with Gasteiger partial charge in [-0.1, -0.05) is 102 Å². The molecule has 6 heteroatoms. The minimum Gasteiger partial charge on any atom is -0.507 e. The van der Waals surface area contributed by atoms with Crippen LogP contribution in [0.25, 0.3) is 0 Å². The van der Waals surface area contributed by atoms with Crippen LogP contribution >= 0.6 is 0 Å². The van der Waals surface area contributed by atoms with E-state index in [1.165, 1.54) is 5.56 Å². The predicted molar refractivity (Wildman–Crippen MR) is 230 cm³/mol. The number of anilines is 6. The molecular formula is C48H56N4O2. The molecule has 0 unspecified atom stereocenters. The molecule has 280 valence electrons. The summed E-state index contributed by atoms with van der Waals surface area (Å²) >= 11 is 0. The highest BCUT2D eigenvalue weighted by atomic mass is 16.3. The number of phenolic OH excluding ortho intramolecular Hbond substituents is 2. The van der Waals surface area contributed by atoms with Gasteiger partial charge in [-0.2, -0.15) is 0 Å². The van der Waals surface area contributed by atoms with Gasteiger partial charge in [-0.25, -0.2) is 0 Å². The summed E-state index contributed by atoms with van der Waals surface area (Å²) in [5.41, 5.74) is 12.3. The van der Waals surface area contributed by atoms with E-state index in [-0.39, 0.29) is 10.8 Å². The minimum atomic E-state index is -0.0877. The van der Waals surface area contributed by atoms with Crippen molar-refractivity contribution in [2.75, 3.05) is 21.3 Å². The number of para-hydroxylation sites is 2. The van der Waals surface area contributed by atoms with Crippen molar-refractivity contribution in [2.45, 2.75) is 79.3 Å². The molecule has 0 aromatic heterocycles. The van der Waals surface area contributed by atoms with Crippen molar-refractivity contribution in [3.63, 3.8) is 0 Å². The average molecular weight is 721 g/mol. The van der Waals surface area contributed by atoms with Crippen LogP contribution in [0.4, 0.5) is 34.1 Å². The molecule has 0 atom stereocenters. The van der Waals surface area contributed by atoms with Crippen LogP contribution in [0.15, 0.2) is 133 Å². The molecule has 0 saturated heterocycles. The van der Waals surface area contributed by atoms with Gasteiger partial charge in [0, 0.05) is 52.8 Å². The molecule has 0 fully saturated rings. The number of hydrogen-bond acceptors (Lipinski definition) is 6. The Morgan fingerprint density at radius 1 is 0.444 bits per heavy atom. The highest BCUT2D eigenvalue weighted by Crippen LogP contribution is 2.36. The molecule has 6 N–H and O–H groups in total. The highest BCUT2D eigenvalue weighted by molar-refractivity contribution is 5.64. The fraction of sp³-hybridized carbons (Fsp3) is 0.250. The molecule has 0 aliphatic carbocycles. The summed E-state index contributed by atoms with van der Waals surface area (Å²) in [6, 6.07) is 45.0. The van der Waals surface area contributed by atoms with Gasteiger partial charge in [-0.05, 0) is 126 Å². The van der Waals surface area contributed by atoms with Crippen molar-refractivity contribution < 1.29 is 10.2 Å². The second-order valence-electron chi connectivity index (χ2n) is 16.0. The maximum absolute atomic E-state index is 10.7. The van der Waals surface area contributed by atoms with Crippen LogP contribution in [0.3, 0.4) is 0 Å². The Bertz CT molecular complexity index is 2090. The molecule has 0 aliphatic rings. The van der Waals surface area contributed by atoms with Gasteiger partial charge in [0.2, 0.25) is 0 Å². The normalized spacial score (nSPS) is 11.3. The first-order chi connectivity index (χ1) is 25.7. The molecule has 54 heavy (non-hydrogen) atoms. The third-order valence-electron chi connectivity index (χ3n) is 9.18. The zero-order chi connectivity index (χ0) is 38.9. The van der Waals surface area contributed by atoms with Gasteiger partial charge in [0.05, 0.1) is 0 Å². The summed E-state index contributed by atoms with van der Waals surface area (Å²) in [6.45, 7) is 18.1. The second-order valence-corrected chi connectivity index (χ2v) is 16.0. The maximum atomic E-state index is 10.7. The van der Waals surface area contributed by atoms with Gasteiger partial charge in [-0.15, -0.1) is 0 Å². The molecular weight excluding hydrogens is 665 g/mol. The Balaban J connectivity index is 0.000000208. The Morgan fingerprint density at radius 2 is 0.852 bits per heavy atom. The first-order valence-corrected chi connectivity index (χ1v) is 18.6. The van der Waals surface area contributed by atoms with E-state index in [2.05, 4.69) is 106 Å². The number of rotatable bonds is 10. The standard InChI is InChI=1S/2C24H28N2O/c1-17-14-18(15-22(23(17)27)24(2,3)4)16-25-19-10-12-21(13-11-19)26-20-8-6-5-7-9-20;1-17-14-18(23(27)22(15-17)24(2,3)4)16-25-19-10-12-21(13-11-19)26-20-8-6-5-7-9-20/h2*5-15,25-27H,16H2,1-4H3. The number of hydrogen-bond donors (Lipinski definition) is 6. The van der Waals surface area contributed by atoms with Crippen LogP contribution in [-0.4, -0.2) is 10.2 Å². The summed E-state index contributed by atoms with van der Waals surface area (Å²) in [7, 11) is 0. The van der Waals surface area contributed by atoms with Crippen LogP contribution in [0.2, 0.25) is 0 Å². The van der Waals surface area contributed by atoms with Gasteiger partial charge in [0.15, 0.2) is 0 Å². The number of benzene rings is 6. The van der Waals surface area contributed by atoms with Gasteiger partial charge < -0.3 is 31.5 Å². The fourth-order valence-corrected chi connectivity index (χ4v) is 6.21. The minimum absolute atomic E-state index is 0.0877. The molecule has 6 aromatic rings. The van der Waals surface area contributed by atoms with Crippen molar-refractivity contribution in [2.24, 2.45) is 0 Å². The number of nitrogens with one attached hydrogen (secondary N) is 4. The highest BCUT2D eigenvalue weighted by Gasteiger charge is 2.21. The van der Waals surface area contributed by atoms with Gasteiger partial charge >= 0.3 is 0 Å². The van der Waals surface area contributed by atoms with Crippen molar-refractivity contribution in [3.8, 4) is 11.5 Å². The molecule has 0 aliphatic heterocycles. The van der Waals surface area contributed by atoms with Crippen LogP contribution < -0.4 is 21.3 Å². The van der Waals surface area contributed by atoms with E-state index < -0.39 is 0 Å². The molecule has 0 amide bonds. The summed E-state index contributed by atoms with van der Waals surface area (Å²) in [4.78, 5) is 0. The largest absolute Gasteiger partial charge is 0.507 e. The maximum Gasteiger partial charge on any atom is 0.124 e. The topological polar surface area (TPSA) is 88.6 Å². The average Bonchev–Trinajstić information content (AvgIpc) is 3.13. The zero-order valence-electron chi connectivity index (χ0n) is 33.0. The van der Waals surface area contributed by atoms with Crippen molar-refractivity contribution in [1.82, 2.24) is 0 Å². The van der Waals surface area contributed by atoms with Crippen molar-refractivity contribution in [1.29, 1.82) is 0 Å². The smallest absolute Gasteiger partial charge is 0.124 e. The zero-order valence-corrected chi connectivity index (χ0v) is 33.0. The Morgan fingerprint density at radius 3 is 1.31 bits per heavy atom. The summed E-state index contributed by atoms with van der Waals surface area (Å²) < 4.78 is 0. The van der Waals surface area contributed by atoms with Gasteiger partial charge in [0.1, 0.15) is 11.5 Å². The number of aromatic hydroxyl groups is 2. The van der Waals surface area contributed by atoms with Crippen LogP contribution in [0.1, 0.15) is 74.9 Å². The molecule has 0 radical (unpaired) electrons. The van der Waals surface area contributed by atoms with Crippen LogP contribution in [0, 0.1) is 13.8 Å². The van der Waals surface area contributed by atoms with E-state index in [1.54, 1.807) is 0 Å². The number of aryl methyl sites for hydroxylation is 2. The summed E-state index contributed by atoms with van der Waals surface area (Å²) in [5.74, 6) is 0.797. The van der Waals surface area contributed by atoms with E-state index in [1.807, 2.05) is 104 Å². The van der Waals surface area contributed by atoms with Gasteiger partial charge in [0.25, 0.3) is 0 Å². The lowest BCUT2D eigenvalue weighted by Crippen LogP contribution is -2.13. The third kappa shape index (κ3) is 11.1. The van der Waals surface area contributed by atoms with E-state index in [0.29, 0.717) is 18.0 Å². The Kier molecular flexibility index (Phi) is 12.6. The Hall–Kier alpha value is -5.88. The van der Waals surface area contributed by atoms with Crippen LogP contribution in [-0.2, 0) is 23.9 Å². The molecule has 0 bridgehead atoms. The molecule has 6 rings (SSSR count). The van der Waals surface area contributed by atoms with E-state index in [4.69, 9.17) is 0 Å². The fourth-order valence-electron chi connectivity index (χ4n) is 6.21. The molecule has 6 nitrogen and oxygen atoms in total. The van der Waals surface area contributed by atoms with Crippen molar-refractivity contribution in [3.05, 3.63) is 167 Å². The van der Waals surface area contributed by atoms with Crippen molar-refractivity contribution >= 4 is 34.1 Å². The first kappa shape index (κ1) is 39.3. The lowest BCUT2D eigenvalue weighted by Gasteiger charge is -2.23. The van der Waals surface area contributed by atoms with Crippen LogP contribution in [0.5, 0.6) is 11.5 Å². The first-order valence-electron chi connectivity index (χ1n) is 18.6. The quantitative estimate of drug-likeness (QED) is 0.0845. The third-order valence-corrected chi connectivity index (χ3v) is 9.18. The second kappa shape index (κ2) is 17.3. The molecule has 0 heterocycles. The molecule has 0 spiro atoms. The van der Waals surface area contributed by atoms with E-state index in [0.717, 1.165) is 68.5 Å². The Labute approximate surface area is 322 Å². The SMILES string of the molecule is Cc1cc(CNc2ccc(Nc3ccccc3)cc2)c(O)c(C(C)(C)C)c1.Cc1cc(CNc2ccc(Nc3ccccc3)cc2)cc(C(C)(C)C)c1O. The van der Waals surface area contributed by atoms with E-state index >= 15 is 0 Å². The lowest BCUT2D eigenvalue weighted by molar-refractivity contribution is 0.440. The molecule has 6 aromatic carbocycles. The summed E-state index contributed by atoms with van der Waals surface area (Å²) in [6.07, 6.45) is 0. The summed E-state index contributed by atoms with van der Waals surface area (Å²) in [5, 5.41) is 34.7.